The normalized spacial score (nSPS) is 14.7. The molecule has 0 aliphatic carbocycles. The van der Waals surface area contributed by atoms with Crippen LogP contribution in [-0.4, -0.2) is 46.3 Å². The van der Waals surface area contributed by atoms with Crippen LogP contribution in [0.4, 0.5) is 5.69 Å². The van der Waals surface area contributed by atoms with Crippen molar-refractivity contribution in [3.8, 4) is 0 Å². The van der Waals surface area contributed by atoms with Crippen molar-refractivity contribution in [3.05, 3.63) is 76.1 Å². The van der Waals surface area contributed by atoms with Crippen LogP contribution in [0.2, 0.25) is 0 Å². The first-order valence-corrected chi connectivity index (χ1v) is 9.42. The number of hydrogen-bond donors (Lipinski definition) is 1. The summed E-state index contributed by atoms with van der Waals surface area (Å²) in [6, 6.07) is 9.42. The number of pyridine rings is 1. The monoisotopic (exact) mass is 394 g/mol. The van der Waals surface area contributed by atoms with Gasteiger partial charge >= 0.3 is 0 Å². The average Bonchev–Trinajstić information content (AvgIpc) is 2.77. The maximum absolute atomic E-state index is 12.4. The third-order valence-corrected chi connectivity index (χ3v) is 4.93. The minimum Gasteiger partial charge on any atom is -0.352 e. The minimum absolute atomic E-state index is 0.0142. The van der Waals surface area contributed by atoms with E-state index in [9.17, 15) is 19.7 Å². The molecule has 0 spiro atoms. The van der Waals surface area contributed by atoms with E-state index in [2.05, 4.69) is 10.3 Å². The van der Waals surface area contributed by atoms with E-state index in [1.54, 1.807) is 42.7 Å². The van der Waals surface area contributed by atoms with E-state index in [0.717, 1.165) is 12.8 Å². The van der Waals surface area contributed by atoms with Gasteiger partial charge in [-0.1, -0.05) is 0 Å². The fraction of sp³-hybridized carbons (Fsp3) is 0.286. The Hall–Kier alpha value is -3.55. The third kappa shape index (κ3) is 5.71. The molecule has 1 fully saturated rings. The Balaban J connectivity index is 1.41. The molecule has 1 aliphatic rings. The van der Waals surface area contributed by atoms with Crippen LogP contribution >= 0.6 is 0 Å². The molecule has 1 aromatic carbocycles. The summed E-state index contributed by atoms with van der Waals surface area (Å²) < 4.78 is 0. The van der Waals surface area contributed by atoms with E-state index in [1.165, 1.54) is 18.2 Å². The molecule has 1 N–H and O–H groups in total. The standard InChI is InChI=1S/C21H22N4O4/c26-20(6-3-16-1-4-19(5-2-16)25(28)29)23-15-17-9-13-24(14-10-17)21(27)18-7-11-22-12-8-18/h1-8,11-12,17H,9-10,13-15H2,(H,23,26)/b6-3+. The third-order valence-electron chi connectivity index (χ3n) is 4.93. The van der Waals surface area contributed by atoms with Crippen LogP contribution in [0.25, 0.3) is 6.08 Å². The molecule has 1 aliphatic heterocycles. The van der Waals surface area contributed by atoms with Crippen molar-refractivity contribution in [2.24, 2.45) is 5.92 Å². The topological polar surface area (TPSA) is 105 Å². The van der Waals surface area contributed by atoms with E-state index in [0.29, 0.717) is 36.7 Å². The molecule has 150 valence electrons. The SMILES string of the molecule is O=C(/C=C/c1ccc([N+](=O)[O-])cc1)NCC1CCN(C(=O)c2ccncc2)CC1. The second kappa shape index (κ2) is 9.59. The summed E-state index contributed by atoms with van der Waals surface area (Å²) in [5.41, 5.74) is 1.37. The molecule has 3 rings (SSSR count). The summed E-state index contributed by atoms with van der Waals surface area (Å²) in [4.78, 5) is 40.4. The Kier molecular flexibility index (Phi) is 6.67. The summed E-state index contributed by atoms with van der Waals surface area (Å²) in [5, 5.41) is 13.5. The number of hydrogen-bond acceptors (Lipinski definition) is 5. The highest BCUT2D eigenvalue weighted by molar-refractivity contribution is 5.94. The van der Waals surface area contributed by atoms with Gasteiger partial charge in [-0.2, -0.15) is 0 Å². The lowest BCUT2D eigenvalue weighted by Crippen LogP contribution is -2.41. The van der Waals surface area contributed by atoms with Crippen molar-refractivity contribution in [2.75, 3.05) is 19.6 Å². The molecule has 1 saturated heterocycles. The molecular formula is C21H22N4O4. The maximum atomic E-state index is 12.4. The van der Waals surface area contributed by atoms with Gasteiger partial charge in [-0.3, -0.25) is 24.7 Å². The van der Waals surface area contributed by atoms with Crippen molar-refractivity contribution in [2.45, 2.75) is 12.8 Å². The first-order chi connectivity index (χ1) is 14.0. The highest BCUT2D eigenvalue weighted by Gasteiger charge is 2.23. The fourth-order valence-corrected chi connectivity index (χ4v) is 3.20. The Morgan fingerprint density at radius 1 is 1.14 bits per heavy atom. The molecule has 29 heavy (non-hydrogen) atoms. The van der Waals surface area contributed by atoms with Crippen molar-refractivity contribution in [1.29, 1.82) is 0 Å². The van der Waals surface area contributed by atoms with Gasteiger partial charge in [0.05, 0.1) is 4.92 Å². The Morgan fingerprint density at radius 3 is 2.41 bits per heavy atom. The van der Waals surface area contributed by atoms with Crippen LogP contribution in [0.3, 0.4) is 0 Å². The second-order valence-corrected chi connectivity index (χ2v) is 6.90. The minimum atomic E-state index is -0.462. The van der Waals surface area contributed by atoms with Crippen molar-refractivity contribution in [1.82, 2.24) is 15.2 Å². The summed E-state index contributed by atoms with van der Waals surface area (Å²) in [5.74, 6) is 0.132. The van der Waals surface area contributed by atoms with E-state index in [1.807, 2.05) is 4.90 Å². The predicted octanol–water partition coefficient (Wildman–Crippen LogP) is 2.67. The van der Waals surface area contributed by atoms with Crippen molar-refractivity contribution >= 4 is 23.6 Å². The zero-order valence-electron chi connectivity index (χ0n) is 15.9. The smallest absolute Gasteiger partial charge is 0.269 e. The van der Waals surface area contributed by atoms with Crippen LogP contribution in [0.5, 0.6) is 0 Å². The quantitative estimate of drug-likeness (QED) is 0.461. The van der Waals surface area contributed by atoms with E-state index >= 15 is 0 Å². The zero-order chi connectivity index (χ0) is 20.6. The lowest BCUT2D eigenvalue weighted by atomic mass is 9.96. The second-order valence-electron chi connectivity index (χ2n) is 6.90. The van der Waals surface area contributed by atoms with Crippen molar-refractivity contribution in [3.63, 3.8) is 0 Å². The summed E-state index contributed by atoms with van der Waals surface area (Å²) in [6.45, 7) is 1.89. The molecule has 1 aromatic heterocycles. The molecular weight excluding hydrogens is 372 g/mol. The largest absolute Gasteiger partial charge is 0.352 e. The van der Waals surface area contributed by atoms with Gasteiger partial charge in [0.25, 0.3) is 11.6 Å². The number of non-ortho nitro benzene ring substituents is 1. The zero-order valence-corrected chi connectivity index (χ0v) is 15.9. The van der Waals surface area contributed by atoms with Crippen LogP contribution in [0.15, 0.2) is 54.9 Å². The summed E-state index contributed by atoms with van der Waals surface area (Å²) in [6.07, 6.45) is 7.93. The van der Waals surface area contributed by atoms with Gasteiger partial charge in [0.15, 0.2) is 0 Å². The number of amides is 2. The van der Waals surface area contributed by atoms with Gasteiger partial charge in [-0.05, 0) is 54.7 Å². The number of carbonyl (C=O) groups is 2. The number of nitrogens with one attached hydrogen (secondary N) is 1. The summed E-state index contributed by atoms with van der Waals surface area (Å²) >= 11 is 0. The Bertz CT molecular complexity index is 889. The van der Waals surface area contributed by atoms with Crippen molar-refractivity contribution < 1.29 is 14.5 Å². The molecule has 2 heterocycles. The molecule has 0 bridgehead atoms. The lowest BCUT2D eigenvalue weighted by molar-refractivity contribution is -0.384. The fourth-order valence-electron chi connectivity index (χ4n) is 3.20. The number of rotatable bonds is 6. The Morgan fingerprint density at radius 2 is 1.79 bits per heavy atom. The molecule has 0 atom stereocenters. The maximum Gasteiger partial charge on any atom is 0.269 e. The average molecular weight is 394 g/mol. The van der Waals surface area contributed by atoms with Crippen LogP contribution in [0, 0.1) is 16.0 Å². The highest BCUT2D eigenvalue weighted by Crippen LogP contribution is 2.18. The number of aromatic nitrogens is 1. The van der Waals surface area contributed by atoms with Gasteiger partial charge in [0.2, 0.25) is 5.91 Å². The molecule has 8 heteroatoms. The van der Waals surface area contributed by atoms with Gasteiger partial charge in [-0.15, -0.1) is 0 Å². The van der Waals surface area contributed by atoms with Gasteiger partial charge in [0.1, 0.15) is 0 Å². The number of nitro groups is 1. The van der Waals surface area contributed by atoms with Crippen LogP contribution in [-0.2, 0) is 4.79 Å². The highest BCUT2D eigenvalue weighted by atomic mass is 16.6. The number of piperidine rings is 1. The van der Waals surface area contributed by atoms with Gasteiger partial charge in [0, 0.05) is 55.8 Å². The number of likely N-dealkylation sites (tertiary alicyclic amines) is 1. The van der Waals surface area contributed by atoms with E-state index < -0.39 is 4.92 Å². The van der Waals surface area contributed by atoms with Crippen LogP contribution < -0.4 is 5.32 Å². The number of benzene rings is 1. The first-order valence-electron chi connectivity index (χ1n) is 9.42. The number of nitrogens with zero attached hydrogens (tertiary/aromatic N) is 3. The van der Waals surface area contributed by atoms with E-state index in [-0.39, 0.29) is 17.5 Å². The molecule has 0 radical (unpaired) electrons. The molecule has 0 unspecified atom stereocenters. The first kappa shape index (κ1) is 20.2. The van der Waals surface area contributed by atoms with Gasteiger partial charge in [-0.25, -0.2) is 0 Å². The molecule has 8 nitrogen and oxygen atoms in total. The molecule has 2 amide bonds. The Labute approximate surface area is 168 Å². The number of carbonyl (C=O) groups excluding carboxylic acids is 2. The predicted molar refractivity (Wildman–Crippen MR) is 108 cm³/mol. The molecule has 0 saturated carbocycles. The lowest BCUT2D eigenvalue weighted by Gasteiger charge is -2.32. The van der Waals surface area contributed by atoms with Crippen LogP contribution in [0.1, 0.15) is 28.8 Å². The molecule has 2 aromatic rings. The van der Waals surface area contributed by atoms with E-state index in [4.69, 9.17) is 0 Å². The number of nitro benzene ring substituents is 1. The summed E-state index contributed by atoms with van der Waals surface area (Å²) in [7, 11) is 0. The van der Waals surface area contributed by atoms with Gasteiger partial charge < -0.3 is 10.2 Å².